The molecule has 9 heteroatoms. The van der Waals surface area contributed by atoms with Gasteiger partial charge in [0.2, 0.25) is 0 Å². The van der Waals surface area contributed by atoms with E-state index in [0.717, 1.165) is 11.5 Å². The second-order valence-electron chi connectivity index (χ2n) is 5.66. The highest BCUT2D eigenvalue weighted by atomic mass is 32.1. The lowest BCUT2D eigenvalue weighted by atomic mass is 10.1. The molecular weight excluding hydrogens is 343 g/mol. The number of pyridine rings is 1. The van der Waals surface area contributed by atoms with Crippen LogP contribution in [0.25, 0.3) is 0 Å². The number of nitrogens with zero attached hydrogens (tertiary/aromatic N) is 3. The fraction of sp³-hybridized carbons (Fsp3) is 0.400. The van der Waals surface area contributed by atoms with Gasteiger partial charge in [-0.2, -0.15) is 4.37 Å². The highest BCUT2D eigenvalue weighted by Gasteiger charge is 2.35. The number of carboxylic acids is 1. The lowest BCUT2D eigenvalue weighted by Crippen LogP contribution is -2.40. The van der Waals surface area contributed by atoms with Gasteiger partial charge in [0.1, 0.15) is 4.88 Å². The van der Waals surface area contributed by atoms with Crippen LogP contribution in [0, 0.1) is 5.82 Å². The summed E-state index contributed by atoms with van der Waals surface area (Å²) in [6.07, 6.45) is 1.09. The molecule has 0 aliphatic carbocycles. The van der Waals surface area contributed by atoms with E-state index in [9.17, 15) is 18.0 Å². The molecule has 0 aromatic carbocycles. The van der Waals surface area contributed by atoms with E-state index >= 15 is 0 Å². The maximum atomic E-state index is 14.3. The number of halogens is 3. The minimum Gasteiger partial charge on any atom is -0.477 e. The molecule has 128 valence electrons. The van der Waals surface area contributed by atoms with Gasteiger partial charge in [-0.3, -0.25) is 0 Å². The van der Waals surface area contributed by atoms with Gasteiger partial charge in [0.25, 0.3) is 5.92 Å². The molecule has 1 aliphatic rings. The Hall–Kier alpha value is -2.16. The maximum Gasteiger partial charge on any atom is 0.347 e. The molecule has 0 atom stereocenters. The van der Waals surface area contributed by atoms with E-state index in [4.69, 9.17) is 5.11 Å². The average molecular weight is 357 g/mol. The molecule has 3 rings (SSSR count). The SMILES string of the molecule is O=C(O)c1cc(Cc2cnc(N3CCC(F)(F)CC3)c(F)c2)ns1. The predicted octanol–water partition coefficient (Wildman–Crippen LogP) is 3.20. The first-order valence-electron chi connectivity index (χ1n) is 7.30. The summed E-state index contributed by atoms with van der Waals surface area (Å²) in [5.41, 5.74) is 1.06. The summed E-state index contributed by atoms with van der Waals surface area (Å²) in [6, 6.07) is 2.72. The fourth-order valence-corrected chi connectivity index (χ4v) is 3.15. The molecule has 0 spiro atoms. The van der Waals surface area contributed by atoms with Gasteiger partial charge in [-0.1, -0.05) is 0 Å². The van der Waals surface area contributed by atoms with Crippen LogP contribution in [0.15, 0.2) is 18.3 Å². The van der Waals surface area contributed by atoms with Crippen LogP contribution in [0.4, 0.5) is 19.0 Å². The Bertz CT molecular complexity index is 756. The summed E-state index contributed by atoms with van der Waals surface area (Å²) in [5, 5.41) is 8.87. The standard InChI is InChI=1S/C15H14F3N3O2S/c16-11-6-9(5-10-7-12(14(22)23)24-20-10)8-19-13(11)21-3-1-15(17,18)2-4-21/h6-8H,1-5H2,(H,22,23). The van der Waals surface area contributed by atoms with Crippen LogP contribution < -0.4 is 4.90 Å². The molecule has 5 nitrogen and oxygen atoms in total. The quantitative estimate of drug-likeness (QED) is 0.910. The molecule has 0 amide bonds. The van der Waals surface area contributed by atoms with E-state index in [1.165, 1.54) is 23.2 Å². The number of hydrogen-bond donors (Lipinski definition) is 1. The van der Waals surface area contributed by atoms with Gasteiger partial charge in [-0.05, 0) is 29.2 Å². The van der Waals surface area contributed by atoms with Crippen LogP contribution in [0.2, 0.25) is 0 Å². The van der Waals surface area contributed by atoms with Crippen LogP contribution in [-0.4, -0.2) is 39.4 Å². The zero-order chi connectivity index (χ0) is 17.3. The van der Waals surface area contributed by atoms with Crippen LogP contribution in [0.1, 0.15) is 33.8 Å². The number of carbonyl (C=O) groups is 1. The molecule has 1 aliphatic heterocycles. The highest BCUT2D eigenvalue weighted by molar-refractivity contribution is 7.08. The number of alkyl halides is 2. The van der Waals surface area contributed by atoms with Crippen molar-refractivity contribution in [1.82, 2.24) is 9.36 Å². The Morgan fingerprint density at radius 3 is 2.62 bits per heavy atom. The second-order valence-corrected chi connectivity index (χ2v) is 6.46. The lowest BCUT2D eigenvalue weighted by molar-refractivity contribution is -0.0222. The molecule has 0 saturated carbocycles. The summed E-state index contributed by atoms with van der Waals surface area (Å²) in [4.78, 5) is 16.5. The number of aromatic nitrogens is 2. The number of hydrogen-bond acceptors (Lipinski definition) is 5. The summed E-state index contributed by atoms with van der Waals surface area (Å²) >= 11 is 0.864. The van der Waals surface area contributed by atoms with E-state index in [0.29, 0.717) is 11.3 Å². The van der Waals surface area contributed by atoms with Gasteiger partial charge in [0.05, 0.1) is 5.69 Å². The molecule has 0 bridgehead atoms. The first-order valence-corrected chi connectivity index (χ1v) is 8.07. The van der Waals surface area contributed by atoms with Crippen molar-refractivity contribution < 1.29 is 23.1 Å². The number of rotatable bonds is 4. The van der Waals surface area contributed by atoms with Crippen LogP contribution in [0.5, 0.6) is 0 Å². The third kappa shape index (κ3) is 3.66. The summed E-state index contributed by atoms with van der Waals surface area (Å²) in [5.74, 6) is -4.26. The Kier molecular flexibility index (Phi) is 4.44. The molecule has 0 unspecified atom stereocenters. The minimum atomic E-state index is -2.70. The fourth-order valence-electron chi connectivity index (χ4n) is 2.55. The van der Waals surface area contributed by atoms with Crippen LogP contribution in [-0.2, 0) is 6.42 Å². The van der Waals surface area contributed by atoms with Crippen molar-refractivity contribution in [3.8, 4) is 0 Å². The molecule has 1 saturated heterocycles. The van der Waals surface area contributed by atoms with E-state index in [1.807, 2.05) is 0 Å². The van der Waals surface area contributed by atoms with Gasteiger partial charge in [0.15, 0.2) is 11.6 Å². The number of piperidine rings is 1. The van der Waals surface area contributed by atoms with E-state index in [2.05, 4.69) is 9.36 Å². The minimum absolute atomic E-state index is 0.0598. The van der Waals surface area contributed by atoms with Crippen molar-refractivity contribution >= 4 is 23.3 Å². The van der Waals surface area contributed by atoms with Gasteiger partial charge in [-0.25, -0.2) is 22.9 Å². The molecule has 2 aromatic rings. The normalized spacial score (nSPS) is 17.0. The molecule has 1 N–H and O–H groups in total. The highest BCUT2D eigenvalue weighted by Crippen LogP contribution is 2.30. The first kappa shape index (κ1) is 16.7. The Balaban J connectivity index is 1.71. The van der Waals surface area contributed by atoms with Gasteiger partial charge in [0, 0.05) is 38.5 Å². The number of aromatic carboxylic acids is 1. The maximum absolute atomic E-state index is 14.3. The largest absolute Gasteiger partial charge is 0.477 e. The smallest absolute Gasteiger partial charge is 0.347 e. The third-order valence-electron chi connectivity index (χ3n) is 3.83. The lowest BCUT2D eigenvalue weighted by Gasteiger charge is -2.32. The summed E-state index contributed by atoms with van der Waals surface area (Å²) in [6.45, 7) is 0.120. The van der Waals surface area contributed by atoms with Crippen LogP contribution in [0.3, 0.4) is 0 Å². The second kappa shape index (κ2) is 6.39. The predicted molar refractivity (Wildman–Crippen MR) is 82.5 cm³/mol. The Morgan fingerprint density at radius 2 is 2.04 bits per heavy atom. The van der Waals surface area contributed by atoms with E-state index in [1.54, 1.807) is 0 Å². The van der Waals surface area contributed by atoms with E-state index < -0.39 is 17.7 Å². The van der Waals surface area contributed by atoms with Gasteiger partial charge < -0.3 is 10.0 Å². The van der Waals surface area contributed by atoms with E-state index in [-0.39, 0.29) is 43.0 Å². The topological polar surface area (TPSA) is 66.3 Å². The zero-order valence-corrected chi connectivity index (χ0v) is 13.3. The Morgan fingerprint density at radius 1 is 1.33 bits per heavy atom. The molecule has 3 heterocycles. The number of carboxylic acid groups (broad SMARTS) is 1. The third-order valence-corrected chi connectivity index (χ3v) is 4.64. The van der Waals surface area contributed by atoms with Crippen molar-refractivity contribution in [3.05, 3.63) is 40.3 Å². The Labute approximate surface area is 139 Å². The van der Waals surface area contributed by atoms with Crippen LogP contribution >= 0.6 is 11.5 Å². The number of anilines is 1. The zero-order valence-electron chi connectivity index (χ0n) is 12.5. The van der Waals surface area contributed by atoms with Crippen molar-refractivity contribution in [3.63, 3.8) is 0 Å². The molecule has 0 radical (unpaired) electrons. The van der Waals surface area contributed by atoms with Gasteiger partial charge in [-0.15, -0.1) is 0 Å². The van der Waals surface area contributed by atoms with Crippen molar-refractivity contribution in [2.75, 3.05) is 18.0 Å². The molecule has 24 heavy (non-hydrogen) atoms. The summed E-state index contributed by atoms with van der Waals surface area (Å²) < 4.78 is 44.6. The monoisotopic (exact) mass is 357 g/mol. The summed E-state index contributed by atoms with van der Waals surface area (Å²) in [7, 11) is 0. The molecule has 1 fully saturated rings. The first-order chi connectivity index (χ1) is 11.3. The molecule has 2 aromatic heterocycles. The molecular formula is C15H14F3N3O2S. The average Bonchev–Trinajstić information content (AvgIpc) is 2.97. The van der Waals surface area contributed by atoms with Crippen molar-refractivity contribution in [1.29, 1.82) is 0 Å². The van der Waals surface area contributed by atoms with Gasteiger partial charge >= 0.3 is 5.97 Å². The van der Waals surface area contributed by atoms with Crippen molar-refractivity contribution in [2.24, 2.45) is 0 Å². The van der Waals surface area contributed by atoms with Crippen molar-refractivity contribution in [2.45, 2.75) is 25.2 Å².